The molecule has 0 amide bonds. The third-order valence-corrected chi connectivity index (χ3v) is 3.53. The molecule has 0 radical (unpaired) electrons. The Labute approximate surface area is 146 Å². The van der Waals surface area contributed by atoms with Gasteiger partial charge in [-0.3, -0.25) is 0 Å². The molecule has 0 saturated carbocycles. The van der Waals surface area contributed by atoms with Crippen LogP contribution >= 0.6 is 0 Å². The van der Waals surface area contributed by atoms with Gasteiger partial charge in [0.2, 0.25) is 0 Å². The van der Waals surface area contributed by atoms with Crippen molar-refractivity contribution in [2.24, 2.45) is 0 Å². The number of nitrogens with zero attached hydrogens (tertiary/aromatic N) is 1. The zero-order valence-electron chi connectivity index (χ0n) is 14.5. The van der Waals surface area contributed by atoms with Crippen molar-refractivity contribution < 1.29 is 18.7 Å². The summed E-state index contributed by atoms with van der Waals surface area (Å²) in [7, 11) is 2.73. The van der Waals surface area contributed by atoms with E-state index in [9.17, 15) is 9.18 Å². The Balaban J connectivity index is 2.24. The molecule has 0 saturated heterocycles. The standard InChI is InChI=1S/C19H21FN2O3/c1-4-5-6-14-8-9-16(19(23)25-3)22-18(14)21-12-13-7-10-17(24-2)15(20)11-13/h5-11H,4,12H2,1-3H3,(H,21,22)/b6-5-. The first kappa shape index (κ1) is 18.4. The lowest BCUT2D eigenvalue weighted by Gasteiger charge is -2.11. The van der Waals surface area contributed by atoms with Crippen LogP contribution in [0.1, 0.15) is 35.0 Å². The number of esters is 1. The zero-order valence-corrected chi connectivity index (χ0v) is 14.5. The van der Waals surface area contributed by atoms with Crippen LogP contribution < -0.4 is 10.1 Å². The second kappa shape index (κ2) is 8.82. The van der Waals surface area contributed by atoms with Gasteiger partial charge in [0.05, 0.1) is 14.2 Å². The molecule has 1 aromatic carbocycles. The maximum atomic E-state index is 13.8. The van der Waals surface area contributed by atoms with Crippen molar-refractivity contribution in [3.05, 3.63) is 59.0 Å². The number of pyridine rings is 1. The summed E-state index contributed by atoms with van der Waals surface area (Å²) in [5, 5.41) is 3.14. The second-order valence-corrected chi connectivity index (χ2v) is 5.26. The van der Waals surface area contributed by atoms with Crippen LogP contribution in [0.3, 0.4) is 0 Å². The summed E-state index contributed by atoms with van der Waals surface area (Å²) in [4.78, 5) is 16.0. The van der Waals surface area contributed by atoms with Crippen LogP contribution in [0.2, 0.25) is 0 Å². The minimum absolute atomic E-state index is 0.195. The van der Waals surface area contributed by atoms with E-state index in [0.717, 1.165) is 17.5 Å². The SMILES string of the molecule is CC/C=C\c1ccc(C(=O)OC)nc1NCc1ccc(OC)c(F)c1. The van der Waals surface area contributed by atoms with E-state index in [1.807, 2.05) is 19.1 Å². The van der Waals surface area contributed by atoms with Crippen LogP contribution in [0.4, 0.5) is 10.2 Å². The monoisotopic (exact) mass is 344 g/mol. The number of ether oxygens (including phenoxy) is 2. The Kier molecular flexibility index (Phi) is 6.51. The van der Waals surface area contributed by atoms with E-state index in [1.54, 1.807) is 24.3 Å². The summed E-state index contributed by atoms with van der Waals surface area (Å²) < 4.78 is 23.4. The van der Waals surface area contributed by atoms with E-state index in [-0.39, 0.29) is 11.4 Å². The Morgan fingerprint density at radius 1 is 1.28 bits per heavy atom. The molecule has 0 atom stereocenters. The number of halogens is 1. The van der Waals surface area contributed by atoms with Gasteiger partial charge >= 0.3 is 5.97 Å². The molecule has 2 aromatic rings. The van der Waals surface area contributed by atoms with Gasteiger partial charge in [-0.25, -0.2) is 14.2 Å². The van der Waals surface area contributed by atoms with E-state index in [1.165, 1.54) is 20.3 Å². The van der Waals surface area contributed by atoms with Crippen molar-refractivity contribution in [1.82, 2.24) is 4.98 Å². The van der Waals surface area contributed by atoms with Gasteiger partial charge in [0.25, 0.3) is 0 Å². The van der Waals surface area contributed by atoms with E-state index in [0.29, 0.717) is 12.4 Å². The molecule has 0 bridgehead atoms. The van der Waals surface area contributed by atoms with Gasteiger partial charge in [-0.1, -0.05) is 25.1 Å². The van der Waals surface area contributed by atoms with Gasteiger partial charge in [-0.15, -0.1) is 0 Å². The average Bonchev–Trinajstić information content (AvgIpc) is 2.64. The summed E-state index contributed by atoms with van der Waals surface area (Å²) in [6.45, 7) is 2.38. The molecule has 25 heavy (non-hydrogen) atoms. The number of anilines is 1. The fourth-order valence-electron chi connectivity index (χ4n) is 2.21. The van der Waals surface area contributed by atoms with Crippen LogP contribution in [-0.4, -0.2) is 25.2 Å². The third-order valence-electron chi connectivity index (χ3n) is 3.53. The van der Waals surface area contributed by atoms with Crippen molar-refractivity contribution in [1.29, 1.82) is 0 Å². The van der Waals surface area contributed by atoms with Crippen molar-refractivity contribution in [3.63, 3.8) is 0 Å². The summed E-state index contributed by atoms with van der Waals surface area (Å²) >= 11 is 0. The van der Waals surface area contributed by atoms with Crippen LogP contribution in [0.15, 0.2) is 36.4 Å². The number of methoxy groups -OCH3 is 2. The predicted molar refractivity (Wildman–Crippen MR) is 95.2 cm³/mol. The molecule has 0 aliphatic rings. The molecular weight excluding hydrogens is 323 g/mol. The number of benzene rings is 1. The molecule has 132 valence electrons. The number of hydrogen-bond donors (Lipinski definition) is 1. The number of carbonyl (C=O) groups excluding carboxylic acids is 1. The molecule has 6 heteroatoms. The number of rotatable bonds is 7. The lowest BCUT2D eigenvalue weighted by Crippen LogP contribution is -2.09. The van der Waals surface area contributed by atoms with Crippen LogP contribution in [0, 0.1) is 5.82 Å². The number of aromatic nitrogens is 1. The van der Waals surface area contributed by atoms with E-state index in [4.69, 9.17) is 9.47 Å². The second-order valence-electron chi connectivity index (χ2n) is 5.26. The number of allylic oxidation sites excluding steroid dienone is 1. The molecule has 2 rings (SSSR count). The summed E-state index contributed by atoms with van der Waals surface area (Å²) in [6.07, 6.45) is 4.79. The smallest absolute Gasteiger partial charge is 0.356 e. The van der Waals surface area contributed by atoms with Gasteiger partial charge < -0.3 is 14.8 Å². The van der Waals surface area contributed by atoms with Gasteiger partial charge in [-0.2, -0.15) is 0 Å². The Hall–Kier alpha value is -2.89. The number of hydrogen-bond acceptors (Lipinski definition) is 5. The molecule has 0 unspecified atom stereocenters. The highest BCUT2D eigenvalue weighted by Gasteiger charge is 2.11. The first-order valence-electron chi connectivity index (χ1n) is 7.91. The maximum absolute atomic E-state index is 13.8. The molecule has 5 nitrogen and oxygen atoms in total. The molecule has 0 spiro atoms. The molecule has 0 aliphatic carbocycles. The first-order chi connectivity index (χ1) is 12.1. The molecule has 0 fully saturated rings. The lowest BCUT2D eigenvalue weighted by atomic mass is 10.1. The maximum Gasteiger partial charge on any atom is 0.356 e. The summed E-state index contributed by atoms with van der Waals surface area (Å²) in [5.41, 5.74) is 1.78. The van der Waals surface area contributed by atoms with Gasteiger partial charge in [0.1, 0.15) is 5.82 Å². The highest BCUT2D eigenvalue weighted by Crippen LogP contribution is 2.20. The van der Waals surface area contributed by atoms with E-state index in [2.05, 4.69) is 10.3 Å². The van der Waals surface area contributed by atoms with Gasteiger partial charge in [0.15, 0.2) is 17.3 Å². The summed E-state index contributed by atoms with van der Waals surface area (Å²) in [6, 6.07) is 8.14. The van der Waals surface area contributed by atoms with Crippen molar-refractivity contribution in [3.8, 4) is 5.75 Å². The van der Waals surface area contributed by atoms with E-state index >= 15 is 0 Å². The Bertz CT molecular complexity index is 775. The summed E-state index contributed by atoms with van der Waals surface area (Å²) in [5.74, 6) is -0.210. The van der Waals surface area contributed by atoms with Crippen LogP contribution in [0.5, 0.6) is 5.75 Å². The topological polar surface area (TPSA) is 60.5 Å². The molecule has 1 N–H and O–H groups in total. The van der Waals surface area contributed by atoms with Crippen molar-refractivity contribution in [2.75, 3.05) is 19.5 Å². The van der Waals surface area contributed by atoms with E-state index < -0.39 is 11.8 Å². The normalized spacial score (nSPS) is 10.7. The highest BCUT2D eigenvalue weighted by molar-refractivity contribution is 5.88. The fourth-order valence-corrected chi connectivity index (χ4v) is 2.21. The minimum atomic E-state index is -0.510. The van der Waals surface area contributed by atoms with Crippen molar-refractivity contribution >= 4 is 17.9 Å². The molecule has 0 aliphatic heterocycles. The quantitative estimate of drug-likeness (QED) is 0.768. The van der Waals surface area contributed by atoms with Gasteiger partial charge in [0, 0.05) is 12.1 Å². The predicted octanol–water partition coefficient (Wildman–Crippen LogP) is 4.05. The van der Waals surface area contributed by atoms with Crippen LogP contribution in [-0.2, 0) is 11.3 Å². The average molecular weight is 344 g/mol. The fraction of sp³-hybridized carbons (Fsp3) is 0.263. The minimum Gasteiger partial charge on any atom is -0.494 e. The Morgan fingerprint density at radius 3 is 2.72 bits per heavy atom. The molecule has 1 aromatic heterocycles. The largest absolute Gasteiger partial charge is 0.494 e. The van der Waals surface area contributed by atoms with Gasteiger partial charge in [-0.05, 0) is 36.2 Å². The number of carbonyl (C=O) groups is 1. The zero-order chi connectivity index (χ0) is 18.2. The van der Waals surface area contributed by atoms with Crippen LogP contribution in [0.25, 0.3) is 6.08 Å². The highest BCUT2D eigenvalue weighted by atomic mass is 19.1. The third kappa shape index (κ3) is 4.79. The number of nitrogens with one attached hydrogen (secondary N) is 1. The first-order valence-corrected chi connectivity index (χ1v) is 7.91. The Morgan fingerprint density at radius 2 is 2.08 bits per heavy atom. The lowest BCUT2D eigenvalue weighted by molar-refractivity contribution is 0.0594. The molecule has 1 heterocycles. The molecular formula is C19H21FN2O3. The van der Waals surface area contributed by atoms with Crippen molar-refractivity contribution in [2.45, 2.75) is 19.9 Å².